The molecular formula is C18H20N2O3. The van der Waals surface area contributed by atoms with E-state index in [1.807, 2.05) is 42.5 Å². The molecule has 23 heavy (non-hydrogen) atoms. The van der Waals surface area contributed by atoms with Crippen LogP contribution in [0.25, 0.3) is 0 Å². The third-order valence-corrected chi connectivity index (χ3v) is 4.33. The fourth-order valence-electron chi connectivity index (χ4n) is 3.26. The van der Waals surface area contributed by atoms with Gasteiger partial charge >= 0.3 is 0 Å². The van der Waals surface area contributed by atoms with Gasteiger partial charge in [-0.2, -0.15) is 0 Å². The summed E-state index contributed by atoms with van der Waals surface area (Å²) in [6.45, 7) is 1.99. The van der Waals surface area contributed by atoms with E-state index < -0.39 is 5.72 Å². The van der Waals surface area contributed by atoms with Crippen LogP contribution < -0.4 is 5.32 Å². The Kier molecular flexibility index (Phi) is 4.05. The molecule has 0 fully saturated rings. The molecule has 1 heterocycles. The van der Waals surface area contributed by atoms with Crippen LogP contribution in [0.5, 0.6) is 0 Å². The van der Waals surface area contributed by atoms with Crippen LogP contribution in [0.3, 0.4) is 0 Å². The highest BCUT2D eigenvalue weighted by Crippen LogP contribution is 2.44. The third-order valence-electron chi connectivity index (χ3n) is 4.33. The van der Waals surface area contributed by atoms with Gasteiger partial charge in [0.25, 0.3) is 5.91 Å². The van der Waals surface area contributed by atoms with Crippen molar-refractivity contribution in [2.45, 2.75) is 25.5 Å². The molecular weight excluding hydrogens is 292 g/mol. The van der Waals surface area contributed by atoms with E-state index in [1.54, 1.807) is 0 Å². The highest BCUT2D eigenvalue weighted by Gasteiger charge is 2.50. The Morgan fingerprint density at radius 1 is 1.35 bits per heavy atom. The topological polar surface area (TPSA) is 69.6 Å². The monoisotopic (exact) mass is 312 g/mol. The number of benzene rings is 1. The van der Waals surface area contributed by atoms with E-state index in [9.17, 15) is 14.7 Å². The zero-order chi connectivity index (χ0) is 16.4. The van der Waals surface area contributed by atoms with E-state index in [2.05, 4.69) is 5.32 Å². The Balaban J connectivity index is 1.99. The van der Waals surface area contributed by atoms with Crippen LogP contribution in [0.1, 0.15) is 25.3 Å². The van der Waals surface area contributed by atoms with Crippen molar-refractivity contribution in [3.8, 4) is 0 Å². The minimum absolute atomic E-state index is 0.152. The molecule has 2 N–H and O–H groups in total. The number of rotatable bonds is 4. The average Bonchev–Trinajstić information content (AvgIpc) is 2.79. The number of nitrogens with one attached hydrogen (secondary N) is 1. The second-order valence-corrected chi connectivity index (χ2v) is 5.81. The van der Waals surface area contributed by atoms with Crippen molar-refractivity contribution >= 4 is 11.8 Å². The van der Waals surface area contributed by atoms with Gasteiger partial charge in [0, 0.05) is 36.7 Å². The third kappa shape index (κ3) is 2.57. The van der Waals surface area contributed by atoms with Gasteiger partial charge in [-0.3, -0.25) is 9.59 Å². The molecule has 1 atom stereocenters. The lowest BCUT2D eigenvalue weighted by Gasteiger charge is -2.36. The number of carbonyl (C=O) groups is 2. The molecule has 5 nitrogen and oxygen atoms in total. The fraction of sp³-hybridized carbons (Fsp3) is 0.333. The first kappa shape index (κ1) is 15.5. The van der Waals surface area contributed by atoms with Crippen molar-refractivity contribution in [2.24, 2.45) is 0 Å². The highest BCUT2D eigenvalue weighted by atomic mass is 16.3. The molecule has 1 aliphatic heterocycles. The maximum absolute atomic E-state index is 12.8. The molecule has 0 bridgehead atoms. The second kappa shape index (κ2) is 6.01. The molecule has 2 aliphatic rings. The lowest BCUT2D eigenvalue weighted by molar-refractivity contribution is -0.144. The van der Waals surface area contributed by atoms with Crippen molar-refractivity contribution < 1.29 is 14.7 Å². The van der Waals surface area contributed by atoms with Gasteiger partial charge in [0.15, 0.2) is 5.72 Å². The van der Waals surface area contributed by atoms with Crippen LogP contribution in [0, 0.1) is 0 Å². The van der Waals surface area contributed by atoms with E-state index in [4.69, 9.17) is 0 Å². The van der Waals surface area contributed by atoms with Gasteiger partial charge in [-0.1, -0.05) is 42.5 Å². The number of allylic oxidation sites excluding steroid dienone is 1. The number of aliphatic hydroxyl groups is 1. The maximum Gasteiger partial charge on any atom is 0.253 e. The van der Waals surface area contributed by atoms with Crippen LogP contribution >= 0.6 is 0 Å². The van der Waals surface area contributed by atoms with Gasteiger partial charge < -0.3 is 15.3 Å². The number of amides is 2. The SMILES string of the molecule is CC(=O)NCCN1C(=O)C2=C(C=CCC2)C1(O)c1ccccc1. The molecule has 1 aliphatic carbocycles. The molecule has 0 saturated carbocycles. The van der Waals surface area contributed by atoms with E-state index in [-0.39, 0.29) is 18.4 Å². The fourth-order valence-corrected chi connectivity index (χ4v) is 3.26. The van der Waals surface area contributed by atoms with Gasteiger partial charge in [0.2, 0.25) is 5.91 Å². The molecule has 5 heteroatoms. The van der Waals surface area contributed by atoms with Crippen molar-refractivity contribution in [2.75, 3.05) is 13.1 Å². The van der Waals surface area contributed by atoms with Crippen molar-refractivity contribution in [3.63, 3.8) is 0 Å². The molecule has 0 saturated heterocycles. The van der Waals surface area contributed by atoms with E-state index in [1.165, 1.54) is 11.8 Å². The van der Waals surface area contributed by atoms with Gasteiger partial charge in [-0.25, -0.2) is 0 Å². The molecule has 1 aromatic rings. The molecule has 3 rings (SSSR count). The summed E-state index contributed by atoms with van der Waals surface area (Å²) in [5.41, 5.74) is 0.514. The van der Waals surface area contributed by atoms with E-state index >= 15 is 0 Å². The molecule has 0 aromatic heterocycles. The smallest absolute Gasteiger partial charge is 0.253 e. The zero-order valence-electron chi connectivity index (χ0n) is 13.1. The Morgan fingerprint density at radius 3 is 2.78 bits per heavy atom. The van der Waals surface area contributed by atoms with E-state index in [0.29, 0.717) is 29.7 Å². The summed E-state index contributed by atoms with van der Waals surface area (Å²) in [6.07, 6.45) is 5.27. The number of carbonyl (C=O) groups excluding carboxylic acids is 2. The summed E-state index contributed by atoms with van der Waals surface area (Å²) >= 11 is 0. The van der Waals surface area contributed by atoms with Crippen LogP contribution in [-0.4, -0.2) is 34.9 Å². The predicted octanol–water partition coefficient (Wildman–Crippen LogP) is 1.46. The molecule has 120 valence electrons. The van der Waals surface area contributed by atoms with Crippen molar-refractivity contribution in [1.82, 2.24) is 10.2 Å². The van der Waals surface area contributed by atoms with E-state index in [0.717, 1.165) is 6.42 Å². The maximum atomic E-state index is 12.8. The summed E-state index contributed by atoms with van der Waals surface area (Å²) in [7, 11) is 0. The zero-order valence-corrected chi connectivity index (χ0v) is 13.1. The summed E-state index contributed by atoms with van der Waals surface area (Å²) in [4.78, 5) is 25.3. The molecule has 1 aromatic carbocycles. The Morgan fingerprint density at radius 2 is 2.09 bits per heavy atom. The normalized spacial score (nSPS) is 23.2. The van der Waals surface area contributed by atoms with Gasteiger partial charge in [-0.15, -0.1) is 0 Å². The van der Waals surface area contributed by atoms with Crippen LogP contribution in [-0.2, 0) is 15.3 Å². The summed E-state index contributed by atoms with van der Waals surface area (Å²) < 4.78 is 0. The van der Waals surface area contributed by atoms with Crippen LogP contribution in [0.15, 0.2) is 53.6 Å². The minimum Gasteiger partial charge on any atom is -0.363 e. The quantitative estimate of drug-likeness (QED) is 0.884. The van der Waals surface area contributed by atoms with Crippen LogP contribution in [0.2, 0.25) is 0 Å². The molecule has 1 unspecified atom stereocenters. The number of hydrogen-bond donors (Lipinski definition) is 2. The van der Waals surface area contributed by atoms with Gasteiger partial charge in [0.1, 0.15) is 0 Å². The first-order valence-electron chi connectivity index (χ1n) is 7.79. The van der Waals surface area contributed by atoms with Crippen molar-refractivity contribution in [1.29, 1.82) is 0 Å². The lowest BCUT2D eigenvalue weighted by atomic mass is 9.89. The number of hydrogen-bond acceptors (Lipinski definition) is 3. The first-order chi connectivity index (χ1) is 11.0. The Labute approximate surface area is 135 Å². The Bertz CT molecular complexity index is 693. The second-order valence-electron chi connectivity index (χ2n) is 5.81. The largest absolute Gasteiger partial charge is 0.363 e. The molecule has 2 amide bonds. The van der Waals surface area contributed by atoms with Crippen LogP contribution in [0.4, 0.5) is 0 Å². The minimum atomic E-state index is -1.47. The highest BCUT2D eigenvalue weighted by molar-refractivity contribution is 5.99. The van der Waals surface area contributed by atoms with Gasteiger partial charge in [0.05, 0.1) is 0 Å². The first-order valence-corrected chi connectivity index (χ1v) is 7.79. The summed E-state index contributed by atoms with van der Waals surface area (Å²) in [5.74, 6) is -0.307. The standard InChI is InChI=1S/C18H20N2O3/c1-13(21)19-11-12-20-17(22)15-9-5-6-10-16(15)18(20,23)14-7-3-2-4-8-14/h2-4,6-8,10,23H,5,9,11-12H2,1H3,(H,19,21). The predicted molar refractivity (Wildman–Crippen MR) is 86.1 cm³/mol. The lowest BCUT2D eigenvalue weighted by Crippen LogP contribution is -2.48. The van der Waals surface area contributed by atoms with Crippen molar-refractivity contribution in [3.05, 3.63) is 59.2 Å². The Hall–Kier alpha value is -2.40. The number of nitrogens with zero attached hydrogens (tertiary/aromatic N) is 1. The summed E-state index contributed by atoms with van der Waals surface area (Å²) in [5, 5.41) is 14.1. The molecule has 0 radical (unpaired) electrons. The van der Waals surface area contributed by atoms with Gasteiger partial charge in [-0.05, 0) is 12.8 Å². The summed E-state index contributed by atoms with van der Waals surface area (Å²) in [6, 6.07) is 9.19. The molecule has 0 spiro atoms. The average molecular weight is 312 g/mol.